The van der Waals surface area contributed by atoms with Gasteiger partial charge < -0.3 is 4.90 Å². The van der Waals surface area contributed by atoms with E-state index in [9.17, 15) is 4.79 Å². The van der Waals surface area contributed by atoms with E-state index in [0.717, 1.165) is 19.4 Å². The molecule has 0 aromatic carbocycles. The predicted octanol–water partition coefficient (Wildman–Crippen LogP) is 2.81. The number of nitrogens with zero attached hydrogens (tertiary/aromatic N) is 1. The molecule has 0 spiro atoms. The molecule has 1 amide bonds. The lowest BCUT2D eigenvalue weighted by molar-refractivity contribution is -0.134. The first kappa shape index (κ1) is 12.0. The van der Waals surface area contributed by atoms with Crippen molar-refractivity contribution in [3.8, 4) is 0 Å². The summed E-state index contributed by atoms with van der Waals surface area (Å²) in [4.78, 5) is 14.1. The van der Waals surface area contributed by atoms with Gasteiger partial charge in [-0.1, -0.05) is 29.8 Å². The Morgan fingerprint density at radius 3 is 2.50 bits per heavy atom. The summed E-state index contributed by atoms with van der Waals surface area (Å²) in [6, 6.07) is 0.444. The summed E-state index contributed by atoms with van der Waals surface area (Å²) < 4.78 is -0.412. The molecule has 2 nitrogen and oxygen atoms in total. The van der Waals surface area contributed by atoms with Gasteiger partial charge in [-0.3, -0.25) is 4.79 Å². The molecule has 1 aliphatic heterocycles. The summed E-state index contributed by atoms with van der Waals surface area (Å²) in [6.45, 7) is 9.15. The average molecular weight is 262 g/mol. The Kier molecular flexibility index (Phi) is 3.62. The van der Waals surface area contributed by atoms with Crippen LogP contribution in [0.15, 0.2) is 0 Å². The summed E-state index contributed by atoms with van der Waals surface area (Å²) >= 11 is 3.44. The lowest BCUT2D eigenvalue weighted by Crippen LogP contribution is -2.46. The van der Waals surface area contributed by atoms with Crippen LogP contribution in [0.4, 0.5) is 0 Å². The van der Waals surface area contributed by atoms with Crippen molar-refractivity contribution < 1.29 is 4.79 Å². The largest absolute Gasteiger partial charge is 0.338 e. The van der Waals surface area contributed by atoms with E-state index in [1.54, 1.807) is 0 Å². The minimum absolute atomic E-state index is 0.230. The monoisotopic (exact) mass is 261 g/mol. The van der Waals surface area contributed by atoms with Crippen LogP contribution in [0.25, 0.3) is 0 Å². The molecule has 1 unspecified atom stereocenters. The molecule has 0 N–H and O–H groups in total. The molecule has 0 saturated carbocycles. The van der Waals surface area contributed by atoms with E-state index in [4.69, 9.17) is 0 Å². The second kappa shape index (κ2) is 4.21. The zero-order valence-corrected chi connectivity index (χ0v) is 11.1. The highest BCUT2D eigenvalue weighted by Crippen LogP contribution is 2.29. The molecular weight excluding hydrogens is 242 g/mol. The van der Waals surface area contributed by atoms with Crippen molar-refractivity contribution in [2.24, 2.45) is 5.92 Å². The number of halogens is 1. The van der Waals surface area contributed by atoms with Crippen molar-refractivity contribution in [1.82, 2.24) is 4.90 Å². The van der Waals surface area contributed by atoms with Gasteiger partial charge in [0.15, 0.2) is 0 Å². The quantitative estimate of drug-likeness (QED) is 0.701. The SMILES string of the molecule is CC(C)C1CCCN1C(=O)C(C)(C)Br. The maximum absolute atomic E-state index is 12.1. The Morgan fingerprint density at radius 1 is 1.50 bits per heavy atom. The number of amides is 1. The van der Waals surface area contributed by atoms with Crippen molar-refractivity contribution >= 4 is 21.8 Å². The molecule has 0 bridgehead atoms. The average Bonchev–Trinajstić information content (AvgIpc) is 2.48. The molecule has 0 aromatic rings. The third-order valence-corrected chi connectivity index (χ3v) is 3.18. The second-order valence-electron chi connectivity index (χ2n) is 4.92. The van der Waals surface area contributed by atoms with Crippen LogP contribution >= 0.6 is 15.9 Å². The lowest BCUT2D eigenvalue weighted by Gasteiger charge is -2.32. The number of likely N-dealkylation sites (tertiary alicyclic amines) is 1. The molecule has 1 saturated heterocycles. The summed E-state index contributed by atoms with van der Waals surface area (Å²) in [5.74, 6) is 0.796. The summed E-state index contributed by atoms with van der Waals surface area (Å²) in [6.07, 6.45) is 2.31. The molecule has 3 heteroatoms. The van der Waals surface area contributed by atoms with Crippen molar-refractivity contribution in [2.45, 2.75) is 50.9 Å². The molecule has 1 heterocycles. The van der Waals surface area contributed by atoms with Crippen LogP contribution in [0.5, 0.6) is 0 Å². The standard InChI is InChI=1S/C11H20BrNO/c1-8(2)9-6-5-7-13(9)10(14)11(3,4)12/h8-9H,5-7H2,1-4H3. The van der Waals surface area contributed by atoms with Gasteiger partial charge >= 0.3 is 0 Å². The highest BCUT2D eigenvalue weighted by molar-refractivity contribution is 9.10. The maximum Gasteiger partial charge on any atom is 0.239 e. The van der Waals surface area contributed by atoms with E-state index >= 15 is 0 Å². The fourth-order valence-electron chi connectivity index (χ4n) is 2.08. The fraction of sp³-hybridized carbons (Fsp3) is 0.909. The molecule has 0 aromatic heterocycles. The number of hydrogen-bond donors (Lipinski definition) is 0. The third-order valence-electron chi connectivity index (χ3n) is 2.84. The molecule has 1 aliphatic rings. The zero-order valence-electron chi connectivity index (χ0n) is 9.51. The van der Waals surface area contributed by atoms with Crippen molar-refractivity contribution in [1.29, 1.82) is 0 Å². The van der Waals surface area contributed by atoms with E-state index in [2.05, 4.69) is 29.8 Å². The topological polar surface area (TPSA) is 20.3 Å². The van der Waals surface area contributed by atoms with E-state index in [-0.39, 0.29) is 5.91 Å². The lowest BCUT2D eigenvalue weighted by atomic mass is 10.0. The van der Waals surface area contributed by atoms with Gasteiger partial charge in [0, 0.05) is 12.6 Å². The Bertz CT molecular complexity index is 220. The Labute approximate surface area is 95.2 Å². The first-order valence-electron chi connectivity index (χ1n) is 5.34. The number of hydrogen-bond acceptors (Lipinski definition) is 1. The molecule has 14 heavy (non-hydrogen) atoms. The summed E-state index contributed by atoms with van der Waals surface area (Å²) in [7, 11) is 0. The van der Waals surface area contributed by atoms with E-state index in [1.165, 1.54) is 0 Å². The fourth-order valence-corrected chi connectivity index (χ4v) is 2.31. The van der Waals surface area contributed by atoms with E-state index < -0.39 is 4.32 Å². The third kappa shape index (κ3) is 2.50. The summed E-state index contributed by atoms with van der Waals surface area (Å²) in [5, 5.41) is 0. The number of carbonyl (C=O) groups is 1. The van der Waals surface area contributed by atoms with Crippen LogP contribution in [-0.4, -0.2) is 27.7 Å². The molecule has 1 fully saturated rings. The van der Waals surface area contributed by atoms with E-state index in [0.29, 0.717) is 12.0 Å². The van der Waals surface area contributed by atoms with Crippen LogP contribution in [-0.2, 0) is 4.79 Å². The van der Waals surface area contributed by atoms with Crippen molar-refractivity contribution in [3.05, 3.63) is 0 Å². The zero-order chi connectivity index (χ0) is 10.9. The smallest absolute Gasteiger partial charge is 0.239 e. The van der Waals surface area contributed by atoms with Gasteiger partial charge in [0.05, 0.1) is 4.32 Å². The van der Waals surface area contributed by atoms with Crippen LogP contribution < -0.4 is 0 Å². The maximum atomic E-state index is 12.1. The molecule has 1 rings (SSSR count). The number of carbonyl (C=O) groups excluding carboxylic acids is 1. The van der Waals surface area contributed by atoms with Gasteiger partial charge in [0.2, 0.25) is 5.91 Å². The van der Waals surface area contributed by atoms with Gasteiger partial charge in [0.1, 0.15) is 0 Å². The number of rotatable bonds is 2. The van der Waals surface area contributed by atoms with Gasteiger partial charge in [-0.15, -0.1) is 0 Å². The van der Waals surface area contributed by atoms with Crippen LogP contribution in [0.3, 0.4) is 0 Å². The molecule has 82 valence electrons. The molecule has 0 radical (unpaired) electrons. The Hall–Kier alpha value is -0.0500. The second-order valence-corrected chi connectivity index (χ2v) is 6.91. The molecule has 1 atom stereocenters. The van der Waals surface area contributed by atoms with Crippen molar-refractivity contribution in [2.75, 3.05) is 6.54 Å². The highest BCUT2D eigenvalue weighted by atomic mass is 79.9. The Balaban J connectivity index is 2.72. The van der Waals surface area contributed by atoms with Crippen LogP contribution in [0, 0.1) is 5.92 Å². The highest BCUT2D eigenvalue weighted by Gasteiger charge is 2.37. The van der Waals surface area contributed by atoms with Gasteiger partial charge in [-0.2, -0.15) is 0 Å². The van der Waals surface area contributed by atoms with Gasteiger partial charge in [-0.05, 0) is 32.6 Å². The minimum Gasteiger partial charge on any atom is -0.338 e. The summed E-state index contributed by atoms with van der Waals surface area (Å²) in [5.41, 5.74) is 0. The number of alkyl halides is 1. The minimum atomic E-state index is -0.412. The first-order valence-corrected chi connectivity index (χ1v) is 6.13. The molecule has 0 aliphatic carbocycles. The first-order chi connectivity index (χ1) is 6.34. The van der Waals surface area contributed by atoms with Gasteiger partial charge in [-0.25, -0.2) is 0 Å². The van der Waals surface area contributed by atoms with Gasteiger partial charge in [0.25, 0.3) is 0 Å². The predicted molar refractivity (Wildman–Crippen MR) is 62.6 cm³/mol. The van der Waals surface area contributed by atoms with E-state index in [1.807, 2.05) is 18.7 Å². The Morgan fingerprint density at radius 2 is 2.07 bits per heavy atom. The van der Waals surface area contributed by atoms with Crippen LogP contribution in [0.1, 0.15) is 40.5 Å². The van der Waals surface area contributed by atoms with Crippen molar-refractivity contribution in [3.63, 3.8) is 0 Å². The van der Waals surface area contributed by atoms with Crippen LogP contribution in [0.2, 0.25) is 0 Å². The normalized spacial score (nSPS) is 23.3. The molecular formula is C11H20BrNO.